The summed E-state index contributed by atoms with van der Waals surface area (Å²) < 4.78 is 67.4. The smallest absolute Gasteiger partial charge is 0.446 e. The van der Waals surface area contributed by atoms with Gasteiger partial charge in [-0.05, 0) is 24.8 Å². The number of nitriles is 1. The zero-order valence-electron chi connectivity index (χ0n) is 10.5. The van der Waals surface area contributed by atoms with Gasteiger partial charge < -0.3 is 4.74 Å². The van der Waals surface area contributed by atoms with Crippen LogP contribution in [0.1, 0.15) is 34.8 Å². The normalized spacial score (nSPS) is 11.3. The average Bonchev–Trinajstić information content (AvgIpc) is 2.36. The maximum absolute atomic E-state index is 12.9. The van der Waals surface area contributed by atoms with Crippen molar-refractivity contribution in [2.24, 2.45) is 0 Å². The Bertz CT molecular complexity index is 580. The fraction of sp³-hybridized carbons (Fsp3) is 0.333. The molecule has 0 aromatic heterocycles. The Morgan fingerprint density at radius 3 is 2.48 bits per heavy atom. The lowest BCUT2D eigenvalue weighted by Gasteiger charge is -2.14. The fourth-order valence-corrected chi connectivity index (χ4v) is 2.16. The van der Waals surface area contributed by atoms with Crippen molar-refractivity contribution in [2.75, 3.05) is 6.61 Å². The number of rotatable bonds is 4. The van der Waals surface area contributed by atoms with Crippen LogP contribution in [0.3, 0.4) is 0 Å². The van der Waals surface area contributed by atoms with Gasteiger partial charge in [-0.15, -0.1) is 0 Å². The van der Waals surface area contributed by atoms with Crippen molar-refractivity contribution in [1.82, 2.24) is 0 Å². The van der Waals surface area contributed by atoms with Crippen molar-refractivity contribution in [3.05, 3.63) is 28.8 Å². The Kier molecular flexibility index (Phi) is 5.54. The Hall–Kier alpha value is -1.82. The molecule has 21 heavy (non-hydrogen) atoms. The zero-order valence-corrected chi connectivity index (χ0v) is 11.3. The quantitative estimate of drug-likeness (QED) is 0.471. The molecule has 0 aliphatic carbocycles. The van der Waals surface area contributed by atoms with E-state index in [0.717, 1.165) is 6.07 Å². The van der Waals surface area contributed by atoms with Gasteiger partial charge in [-0.1, -0.05) is 6.07 Å². The van der Waals surface area contributed by atoms with Crippen molar-refractivity contribution < 1.29 is 31.5 Å². The van der Waals surface area contributed by atoms with Crippen LogP contribution in [0.4, 0.5) is 22.0 Å². The van der Waals surface area contributed by atoms with E-state index in [1.54, 1.807) is 0 Å². The average molecular weight is 325 g/mol. The molecule has 0 heterocycles. The molecule has 0 aliphatic heterocycles. The summed E-state index contributed by atoms with van der Waals surface area (Å²) in [6.45, 7) is 1.24. The van der Waals surface area contributed by atoms with Crippen molar-refractivity contribution in [1.29, 1.82) is 5.26 Å². The molecule has 0 saturated heterocycles. The van der Waals surface area contributed by atoms with Crippen molar-refractivity contribution in [2.45, 2.75) is 23.8 Å². The molecule has 1 aromatic rings. The number of thioether (sulfide) groups is 1. The van der Waals surface area contributed by atoms with Crippen LogP contribution in [-0.2, 0) is 4.74 Å². The van der Waals surface area contributed by atoms with E-state index < -0.39 is 51.3 Å². The molecule has 0 atom stereocenters. The van der Waals surface area contributed by atoms with Gasteiger partial charge >= 0.3 is 11.5 Å². The maximum atomic E-state index is 12.9. The molecule has 1 rings (SSSR count). The van der Waals surface area contributed by atoms with Crippen LogP contribution < -0.4 is 0 Å². The molecule has 0 amide bonds. The van der Waals surface area contributed by atoms with Crippen molar-refractivity contribution in [3.8, 4) is 6.07 Å². The van der Waals surface area contributed by atoms with Crippen LogP contribution in [0.15, 0.2) is 17.0 Å². The second-order valence-corrected chi connectivity index (χ2v) is 4.69. The molecule has 1 aromatic carbocycles. The molecule has 0 N–H and O–H groups in total. The second kappa shape index (κ2) is 6.76. The molecule has 0 saturated carbocycles. The highest BCUT2D eigenvalue weighted by molar-refractivity contribution is 8.00. The molecule has 0 unspecified atom stereocenters. The van der Waals surface area contributed by atoms with Gasteiger partial charge in [0.2, 0.25) is 0 Å². The molecule has 114 valence electrons. The number of carbonyl (C=O) groups excluding carboxylic acids is 1. The van der Waals surface area contributed by atoms with Gasteiger partial charge in [0.15, 0.2) is 0 Å². The van der Waals surface area contributed by atoms with Crippen LogP contribution in [0, 0.1) is 11.3 Å². The molecule has 0 radical (unpaired) electrons. The largest absolute Gasteiger partial charge is 0.462 e. The summed E-state index contributed by atoms with van der Waals surface area (Å²) in [6, 6.07) is 2.79. The van der Waals surface area contributed by atoms with Crippen LogP contribution >= 0.6 is 11.8 Å². The number of benzene rings is 1. The van der Waals surface area contributed by atoms with Gasteiger partial charge in [-0.25, -0.2) is 13.6 Å². The van der Waals surface area contributed by atoms with Crippen LogP contribution in [0.25, 0.3) is 0 Å². The van der Waals surface area contributed by atoms with E-state index in [0.29, 0.717) is 6.07 Å². The number of esters is 1. The van der Waals surface area contributed by atoms with E-state index in [1.165, 1.54) is 13.0 Å². The highest BCUT2D eigenvalue weighted by Crippen LogP contribution is 2.41. The number of alkyl halides is 5. The summed E-state index contributed by atoms with van der Waals surface area (Å²) in [4.78, 5) is 11.0. The van der Waals surface area contributed by atoms with E-state index in [4.69, 9.17) is 5.26 Å². The van der Waals surface area contributed by atoms with Gasteiger partial charge in [0.05, 0.1) is 17.7 Å². The lowest BCUT2D eigenvalue weighted by atomic mass is 10.0. The SMILES string of the molecule is CCOC(=O)c1c(C(F)F)ccc(SC(F)(F)F)c1C#N. The molecule has 3 nitrogen and oxygen atoms in total. The number of hydrogen-bond acceptors (Lipinski definition) is 4. The van der Waals surface area contributed by atoms with E-state index in [2.05, 4.69) is 4.74 Å². The number of halogens is 5. The predicted molar refractivity (Wildman–Crippen MR) is 64.0 cm³/mol. The minimum absolute atomic E-state index is 0.164. The van der Waals surface area contributed by atoms with E-state index >= 15 is 0 Å². The highest BCUT2D eigenvalue weighted by atomic mass is 32.2. The van der Waals surface area contributed by atoms with Gasteiger partial charge in [-0.3, -0.25) is 0 Å². The lowest BCUT2D eigenvalue weighted by Crippen LogP contribution is -2.12. The topological polar surface area (TPSA) is 50.1 Å². The van der Waals surface area contributed by atoms with Gasteiger partial charge in [0.1, 0.15) is 6.07 Å². The van der Waals surface area contributed by atoms with Gasteiger partial charge in [0, 0.05) is 10.5 Å². The first kappa shape index (κ1) is 17.2. The summed E-state index contributed by atoms with van der Waals surface area (Å²) in [6.07, 6.45) is -3.12. The lowest BCUT2D eigenvalue weighted by molar-refractivity contribution is -0.0328. The zero-order chi connectivity index (χ0) is 16.2. The number of ether oxygens (including phenoxy) is 1. The van der Waals surface area contributed by atoms with E-state index in [9.17, 15) is 26.7 Å². The first-order valence-electron chi connectivity index (χ1n) is 5.49. The maximum Gasteiger partial charge on any atom is 0.446 e. The summed E-state index contributed by atoms with van der Waals surface area (Å²) >= 11 is -0.653. The summed E-state index contributed by atoms with van der Waals surface area (Å²) in [5.74, 6) is -1.26. The molecular formula is C12H8F5NO2S. The Labute approximate surface area is 120 Å². The van der Waals surface area contributed by atoms with Crippen LogP contribution in [0.5, 0.6) is 0 Å². The van der Waals surface area contributed by atoms with Crippen molar-refractivity contribution >= 4 is 17.7 Å². The van der Waals surface area contributed by atoms with Crippen molar-refractivity contribution in [3.63, 3.8) is 0 Å². The first-order chi connectivity index (χ1) is 9.71. The first-order valence-corrected chi connectivity index (χ1v) is 6.31. The Morgan fingerprint density at radius 1 is 1.43 bits per heavy atom. The summed E-state index contributed by atoms with van der Waals surface area (Å²) in [5.41, 5.74) is -7.15. The standard InChI is InChI=1S/C12H8F5NO2S/c1-2-20-11(19)9-6(10(13)14)3-4-8(7(9)5-18)21-12(15,16)17/h3-4,10H,2H2,1H3. The monoisotopic (exact) mass is 325 g/mol. The highest BCUT2D eigenvalue weighted by Gasteiger charge is 2.33. The number of hydrogen-bond donors (Lipinski definition) is 0. The number of carbonyl (C=O) groups is 1. The predicted octanol–water partition coefficient (Wildman–Crippen LogP) is 4.28. The minimum atomic E-state index is -4.72. The Balaban J connectivity index is 3.50. The van der Waals surface area contributed by atoms with E-state index in [1.807, 2.05) is 0 Å². The van der Waals surface area contributed by atoms with Crippen LogP contribution in [0.2, 0.25) is 0 Å². The third kappa shape index (κ3) is 4.32. The third-order valence-electron chi connectivity index (χ3n) is 2.25. The molecular weight excluding hydrogens is 317 g/mol. The number of nitrogens with zero attached hydrogens (tertiary/aromatic N) is 1. The minimum Gasteiger partial charge on any atom is -0.462 e. The Morgan fingerprint density at radius 2 is 2.05 bits per heavy atom. The molecule has 0 fully saturated rings. The van der Waals surface area contributed by atoms with Crippen LogP contribution in [-0.4, -0.2) is 18.1 Å². The molecule has 9 heteroatoms. The molecule has 0 bridgehead atoms. The van der Waals surface area contributed by atoms with Gasteiger partial charge in [0.25, 0.3) is 6.43 Å². The van der Waals surface area contributed by atoms with Gasteiger partial charge in [-0.2, -0.15) is 18.4 Å². The second-order valence-electron chi connectivity index (χ2n) is 3.58. The molecule has 0 spiro atoms. The third-order valence-corrected chi connectivity index (χ3v) is 3.04. The summed E-state index contributed by atoms with van der Waals surface area (Å²) in [7, 11) is 0. The van der Waals surface area contributed by atoms with E-state index in [-0.39, 0.29) is 6.61 Å². The fourth-order valence-electron chi connectivity index (χ4n) is 1.53. The molecule has 0 aliphatic rings. The summed E-state index contributed by atoms with van der Waals surface area (Å²) in [5, 5.41) is 8.94.